The van der Waals surface area contributed by atoms with Crippen LogP contribution in [-0.2, 0) is 0 Å². The summed E-state index contributed by atoms with van der Waals surface area (Å²) in [7, 11) is 0. The van der Waals surface area contributed by atoms with Gasteiger partial charge in [0, 0.05) is 18.1 Å². The summed E-state index contributed by atoms with van der Waals surface area (Å²) in [6, 6.07) is 9.95. The third-order valence-corrected chi connectivity index (χ3v) is 4.68. The molecule has 0 spiro atoms. The van der Waals surface area contributed by atoms with Gasteiger partial charge in [0.2, 0.25) is 0 Å². The van der Waals surface area contributed by atoms with Crippen LogP contribution in [0.2, 0.25) is 0 Å². The SMILES string of the molecule is CC1(C)CCC1NC1CC(N)c2ccccc21. The molecule has 0 saturated heterocycles. The molecular formula is C15H22N2. The lowest BCUT2D eigenvalue weighted by Crippen LogP contribution is -2.50. The van der Waals surface area contributed by atoms with E-state index in [4.69, 9.17) is 5.73 Å². The molecule has 17 heavy (non-hydrogen) atoms. The number of nitrogens with two attached hydrogens (primary N) is 1. The largest absolute Gasteiger partial charge is 0.324 e. The van der Waals surface area contributed by atoms with Gasteiger partial charge in [-0.05, 0) is 35.8 Å². The Morgan fingerprint density at radius 1 is 1.24 bits per heavy atom. The summed E-state index contributed by atoms with van der Waals surface area (Å²) in [6.45, 7) is 4.71. The fourth-order valence-corrected chi connectivity index (χ4v) is 3.25. The zero-order chi connectivity index (χ0) is 12.0. The van der Waals surface area contributed by atoms with Gasteiger partial charge in [-0.3, -0.25) is 0 Å². The van der Waals surface area contributed by atoms with E-state index in [0.717, 1.165) is 6.42 Å². The Bertz CT molecular complexity index is 425. The number of hydrogen-bond acceptors (Lipinski definition) is 2. The van der Waals surface area contributed by atoms with Crippen molar-refractivity contribution in [3.05, 3.63) is 35.4 Å². The molecule has 3 atom stereocenters. The van der Waals surface area contributed by atoms with Crippen molar-refractivity contribution in [3.8, 4) is 0 Å². The van der Waals surface area contributed by atoms with Crippen LogP contribution in [-0.4, -0.2) is 6.04 Å². The van der Waals surface area contributed by atoms with Crippen molar-refractivity contribution in [2.24, 2.45) is 11.1 Å². The summed E-state index contributed by atoms with van der Waals surface area (Å²) in [5.41, 5.74) is 9.41. The molecule has 0 heterocycles. The van der Waals surface area contributed by atoms with Crippen LogP contribution in [0.25, 0.3) is 0 Å². The molecule has 2 heteroatoms. The highest BCUT2D eigenvalue weighted by atomic mass is 15.0. The van der Waals surface area contributed by atoms with Crippen molar-refractivity contribution in [3.63, 3.8) is 0 Å². The van der Waals surface area contributed by atoms with Gasteiger partial charge in [0.15, 0.2) is 0 Å². The number of nitrogens with one attached hydrogen (secondary N) is 1. The van der Waals surface area contributed by atoms with E-state index in [1.807, 2.05) is 0 Å². The van der Waals surface area contributed by atoms with Gasteiger partial charge in [0.05, 0.1) is 0 Å². The molecule has 1 aromatic rings. The molecule has 2 aliphatic carbocycles. The lowest BCUT2D eigenvalue weighted by atomic mass is 9.67. The molecular weight excluding hydrogens is 208 g/mol. The number of fused-ring (bicyclic) bond motifs is 1. The molecule has 1 aromatic carbocycles. The van der Waals surface area contributed by atoms with Gasteiger partial charge in [-0.1, -0.05) is 38.1 Å². The van der Waals surface area contributed by atoms with E-state index in [1.165, 1.54) is 24.0 Å². The van der Waals surface area contributed by atoms with Crippen LogP contribution in [0.4, 0.5) is 0 Å². The summed E-state index contributed by atoms with van der Waals surface area (Å²) >= 11 is 0. The summed E-state index contributed by atoms with van der Waals surface area (Å²) in [5.74, 6) is 0. The van der Waals surface area contributed by atoms with E-state index >= 15 is 0 Å². The Morgan fingerprint density at radius 2 is 1.94 bits per heavy atom. The maximum absolute atomic E-state index is 6.20. The molecule has 3 unspecified atom stereocenters. The maximum atomic E-state index is 6.20. The lowest BCUT2D eigenvalue weighted by molar-refractivity contribution is 0.0970. The van der Waals surface area contributed by atoms with Gasteiger partial charge in [-0.25, -0.2) is 0 Å². The van der Waals surface area contributed by atoms with Crippen LogP contribution in [0.15, 0.2) is 24.3 Å². The Morgan fingerprint density at radius 3 is 2.53 bits per heavy atom. The van der Waals surface area contributed by atoms with Crippen molar-refractivity contribution >= 4 is 0 Å². The van der Waals surface area contributed by atoms with E-state index in [9.17, 15) is 0 Å². The maximum Gasteiger partial charge on any atom is 0.0344 e. The second-order valence-electron chi connectivity index (χ2n) is 6.27. The zero-order valence-electron chi connectivity index (χ0n) is 10.7. The second kappa shape index (κ2) is 3.82. The van der Waals surface area contributed by atoms with Crippen LogP contribution in [0.3, 0.4) is 0 Å². The molecule has 1 saturated carbocycles. The topological polar surface area (TPSA) is 38.0 Å². The molecule has 0 aromatic heterocycles. The van der Waals surface area contributed by atoms with Crippen molar-refractivity contribution in [2.75, 3.05) is 0 Å². The van der Waals surface area contributed by atoms with Crippen LogP contribution in [0.5, 0.6) is 0 Å². The van der Waals surface area contributed by atoms with Gasteiger partial charge in [0.1, 0.15) is 0 Å². The van der Waals surface area contributed by atoms with Crippen molar-refractivity contribution in [1.29, 1.82) is 0 Å². The molecule has 0 amide bonds. The van der Waals surface area contributed by atoms with Gasteiger partial charge in [-0.2, -0.15) is 0 Å². The Kier molecular flexibility index (Phi) is 2.53. The molecule has 0 aliphatic heterocycles. The average molecular weight is 230 g/mol. The average Bonchev–Trinajstić information content (AvgIpc) is 2.63. The van der Waals surface area contributed by atoms with E-state index in [2.05, 4.69) is 43.4 Å². The number of rotatable bonds is 2. The van der Waals surface area contributed by atoms with Crippen LogP contribution < -0.4 is 11.1 Å². The predicted octanol–water partition coefficient (Wildman–Crippen LogP) is 2.91. The van der Waals surface area contributed by atoms with Crippen molar-refractivity contribution in [1.82, 2.24) is 5.32 Å². The highest BCUT2D eigenvalue weighted by Gasteiger charge is 2.41. The molecule has 3 N–H and O–H groups in total. The smallest absolute Gasteiger partial charge is 0.0344 e. The zero-order valence-corrected chi connectivity index (χ0v) is 10.7. The van der Waals surface area contributed by atoms with E-state index in [1.54, 1.807) is 0 Å². The highest BCUT2D eigenvalue weighted by Crippen LogP contribution is 2.44. The first-order valence-corrected chi connectivity index (χ1v) is 6.68. The third-order valence-electron chi connectivity index (χ3n) is 4.68. The fraction of sp³-hybridized carbons (Fsp3) is 0.600. The van der Waals surface area contributed by atoms with Crippen molar-refractivity contribution < 1.29 is 0 Å². The monoisotopic (exact) mass is 230 g/mol. The molecule has 0 bridgehead atoms. The first-order valence-electron chi connectivity index (χ1n) is 6.68. The third kappa shape index (κ3) is 1.80. The molecule has 1 fully saturated rings. The molecule has 92 valence electrons. The minimum atomic E-state index is 0.215. The summed E-state index contributed by atoms with van der Waals surface area (Å²) in [6.07, 6.45) is 3.69. The van der Waals surface area contributed by atoms with Gasteiger partial charge in [0.25, 0.3) is 0 Å². The minimum Gasteiger partial charge on any atom is -0.324 e. The van der Waals surface area contributed by atoms with E-state index in [0.29, 0.717) is 17.5 Å². The number of benzene rings is 1. The fourth-order valence-electron chi connectivity index (χ4n) is 3.25. The Labute approximate surface area is 104 Å². The highest BCUT2D eigenvalue weighted by molar-refractivity contribution is 5.37. The lowest BCUT2D eigenvalue weighted by Gasteiger charge is -2.46. The second-order valence-corrected chi connectivity index (χ2v) is 6.27. The molecule has 2 nitrogen and oxygen atoms in total. The standard InChI is InChI=1S/C15H22N2/c1-15(2)8-7-14(15)17-13-9-12(16)10-5-3-4-6-11(10)13/h3-6,12-14,17H,7-9,16H2,1-2H3. The molecule has 2 aliphatic rings. The first kappa shape index (κ1) is 11.2. The van der Waals surface area contributed by atoms with Crippen molar-refractivity contribution in [2.45, 2.75) is 51.2 Å². The summed E-state index contributed by atoms with van der Waals surface area (Å²) < 4.78 is 0. The predicted molar refractivity (Wildman–Crippen MR) is 70.7 cm³/mol. The van der Waals surface area contributed by atoms with Gasteiger partial charge in [-0.15, -0.1) is 0 Å². The van der Waals surface area contributed by atoms with Gasteiger partial charge < -0.3 is 11.1 Å². The van der Waals surface area contributed by atoms with Gasteiger partial charge >= 0.3 is 0 Å². The van der Waals surface area contributed by atoms with Crippen LogP contribution in [0, 0.1) is 5.41 Å². The molecule has 3 rings (SSSR count). The quantitative estimate of drug-likeness (QED) is 0.820. The van der Waals surface area contributed by atoms with E-state index < -0.39 is 0 Å². The van der Waals surface area contributed by atoms with E-state index in [-0.39, 0.29) is 6.04 Å². The van der Waals surface area contributed by atoms with Crippen LogP contribution in [0.1, 0.15) is 56.3 Å². The normalized spacial score (nSPS) is 34.2. The Hall–Kier alpha value is -0.860. The first-order chi connectivity index (χ1) is 8.08. The minimum absolute atomic E-state index is 0.215. The summed E-state index contributed by atoms with van der Waals surface area (Å²) in [5, 5.41) is 3.81. The molecule has 0 radical (unpaired) electrons. The number of hydrogen-bond donors (Lipinski definition) is 2. The summed E-state index contributed by atoms with van der Waals surface area (Å²) in [4.78, 5) is 0. The van der Waals surface area contributed by atoms with Crippen LogP contribution >= 0.6 is 0 Å². The Balaban J connectivity index is 1.78.